The number of fused-ring (bicyclic) bond motifs is 1. The predicted octanol–water partition coefficient (Wildman–Crippen LogP) is 5.54. The number of amides is 1. The van der Waals surface area contributed by atoms with Crippen LogP contribution in [0.5, 0.6) is 0 Å². The van der Waals surface area contributed by atoms with E-state index in [1.807, 2.05) is 4.90 Å². The second-order valence-electron chi connectivity index (χ2n) is 9.12. The van der Waals surface area contributed by atoms with Crippen molar-refractivity contribution in [3.05, 3.63) is 58.1 Å². The van der Waals surface area contributed by atoms with Crippen LogP contribution in [0.25, 0.3) is 11.1 Å². The van der Waals surface area contributed by atoms with Crippen LogP contribution < -0.4 is 0 Å². The maximum absolute atomic E-state index is 11.9. The van der Waals surface area contributed by atoms with E-state index in [4.69, 9.17) is 11.6 Å². The number of hydrogen-bond acceptors (Lipinski definition) is 2. The van der Waals surface area contributed by atoms with Crippen molar-refractivity contribution in [2.75, 3.05) is 26.2 Å². The van der Waals surface area contributed by atoms with Gasteiger partial charge in [0.05, 0.1) is 0 Å². The van der Waals surface area contributed by atoms with E-state index in [1.54, 1.807) is 6.92 Å². The van der Waals surface area contributed by atoms with Crippen molar-refractivity contribution in [1.29, 1.82) is 0 Å². The fraction of sp³-hybridized carbons (Fsp3) is 0.500. The first-order chi connectivity index (χ1) is 14.4. The van der Waals surface area contributed by atoms with Gasteiger partial charge in [-0.3, -0.25) is 4.79 Å². The van der Waals surface area contributed by atoms with Crippen molar-refractivity contribution in [3.63, 3.8) is 0 Å². The van der Waals surface area contributed by atoms with Gasteiger partial charge in [0.2, 0.25) is 5.91 Å². The summed E-state index contributed by atoms with van der Waals surface area (Å²) in [6.07, 6.45) is 4.63. The fourth-order valence-electron chi connectivity index (χ4n) is 5.12. The summed E-state index contributed by atoms with van der Waals surface area (Å²) in [4.78, 5) is 16.4. The molecule has 1 fully saturated rings. The van der Waals surface area contributed by atoms with Crippen LogP contribution in [0.2, 0.25) is 5.02 Å². The molecular formula is C26H33ClN2O. The average molecular weight is 425 g/mol. The van der Waals surface area contributed by atoms with Crippen LogP contribution in [0.1, 0.15) is 56.2 Å². The lowest BCUT2D eigenvalue weighted by Crippen LogP contribution is -2.32. The normalized spacial score (nSPS) is 22.1. The number of hydrogen-bond donors (Lipinski definition) is 0. The average Bonchev–Trinajstić information content (AvgIpc) is 3.05. The number of halogens is 1. The highest BCUT2D eigenvalue weighted by Crippen LogP contribution is 2.36. The molecule has 2 heterocycles. The van der Waals surface area contributed by atoms with E-state index in [9.17, 15) is 4.79 Å². The molecule has 4 rings (SSSR count). The molecule has 0 aliphatic carbocycles. The van der Waals surface area contributed by atoms with Gasteiger partial charge in [0, 0.05) is 43.5 Å². The second kappa shape index (κ2) is 9.11. The molecule has 3 nitrogen and oxygen atoms in total. The van der Waals surface area contributed by atoms with Gasteiger partial charge in [-0.1, -0.05) is 48.9 Å². The van der Waals surface area contributed by atoms with Gasteiger partial charge < -0.3 is 9.80 Å². The summed E-state index contributed by atoms with van der Waals surface area (Å²) >= 11 is 6.75. The zero-order valence-corrected chi connectivity index (χ0v) is 19.2. The highest BCUT2D eigenvalue weighted by molar-refractivity contribution is 6.31. The molecule has 2 aliphatic rings. The SMILES string of the molecule is CC(=O)N1CCc2cc(-c3ccc(CCN4CCCC4C)cc3)cc(Cl)c2[C@H](C)C1. The molecule has 1 saturated heterocycles. The summed E-state index contributed by atoms with van der Waals surface area (Å²) in [5.74, 6) is 0.396. The minimum Gasteiger partial charge on any atom is -0.342 e. The lowest BCUT2D eigenvalue weighted by molar-refractivity contribution is -0.128. The largest absolute Gasteiger partial charge is 0.342 e. The maximum atomic E-state index is 11.9. The first-order valence-electron chi connectivity index (χ1n) is 11.3. The zero-order valence-electron chi connectivity index (χ0n) is 18.5. The Morgan fingerprint density at radius 2 is 1.87 bits per heavy atom. The predicted molar refractivity (Wildman–Crippen MR) is 125 cm³/mol. The fourth-order valence-corrected chi connectivity index (χ4v) is 5.54. The minimum atomic E-state index is 0.143. The third-order valence-corrected chi connectivity index (χ3v) is 7.28. The lowest BCUT2D eigenvalue weighted by atomic mass is 9.91. The summed E-state index contributed by atoms with van der Waals surface area (Å²) in [5, 5.41) is 0.826. The number of carbonyl (C=O) groups is 1. The van der Waals surface area contributed by atoms with Crippen LogP contribution in [0.15, 0.2) is 36.4 Å². The van der Waals surface area contributed by atoms with Crippen molar-refractivity contribution in [3.8, 4) is 11.1 Å². The third kappa shape index (κ3) is 4.58. The van der Waals surface area contributed by atoms with E-state index in [1.165, 1.54) is 47.2 Å². The van der Waals surface area contributed by atoms with Crippen molar-refractivity contribution < 1.29 is 4.79 Å². The summed E-state index contributed by atoms with van der Waals surface area (Å²) in [6, 6.07) is 14.1. The van der Waals surface area contributed by atoms with Gasteiger partial charge in [0.25, 0.3) is 0 Å². The molecule has 4 heteroatoms. The van der Waals surface area contributed by atoms with Gasteiger partial charge in [-0.15, -0.1) is 0 Å². The van der Waals surface area contributed by atoms with Crippen molar-refractivity contribution in [2.45, 2.75) is 58.4 Å². The molecule has 1 amide bonds. The van der Waals surface area contributed by atoms with Crippen LogP contribution in [-0.2, 0) is 17.6 Å². The topological polar surface area (TPSA) is 23.6 Å². The second-order valence-corrected chi connectivity index (χ2v) is 9.53. The number of rotatable bonds is 4. The number of nitrogens with zero attached hydrogens (tertiary/aromatic N) is 2. The van der Waals surface area contributed by atoms with E-state index < -0.39 is 0 Å². The van der Waals surface area contributed by atoms with Crippen LogP contribution >= 0.6 is 11.6 Å². The van der Waals surface area contributed by atoms with Crippen molar-refractivity contribution >= 4 is 17.5 Å². The molecule has 0 N–H and O–H groups in total. The molecule has 0 spiro atoms. The molecule has 2 aromatic rings. The summed E-state index contributed by atoms with van der Waals surface area (Å²) in [7, 11) is 0. The van der Waals surface area contributed by atoms with Gasteiger partial charge in [-0.25, -0.2) is 0 Å². The molecule has 1 unspecified atom stereocenters. The first kappa shape index (κ1) is 21.4. The van der Waals surface area contributed by atoms with E-state index in [-0.39, 0.29) is 11.8 Å². The Hall–Kier alpha value is -1.84. The van der Waals surface area contributed by atoms with Crippen LogP contribution in [0.3, 0.4) is 0 Å². The Labute approximate surface area is 186 Å². The standard InChI is InChI=1S/C26H33ClN2O/c1-18-17-29(20(3)30)14-11-23-15-24(16-25(27)26(18)23)22-8-6-21(7-9-22)10-13-28-12-4-5-19(28)2/h6-9,15-16,18-19H,4-5,10-14,17H2,1-3H3/t18-,19?/m1/s1. The smallest absolute Gasteiger partial charge is 0.219 e. The van der Waals surface area contributed by atoms with Gasteiger partial charge in [0.1, 0.15) is 0 Å². The molecule has 0 aromatic heterocycles. The Morgan fingerprint density at radius 1 is 1.10 bits per heavy atom. The molecule has 160 valence electrons. The highest BCUT2D eigenvalue weighted by atomic mass is 35.5. The molecule has 0 radical (unpaired) electrons. The van der Waals surface area contributed by atoms with Crippen LogP contribution in [0.4, 0.5) is 0 Å². The monoisotopic (exact) mass is 424 g/mol. The highest BCUT2D eigenvalue weighted by Gasteiger charge is 2.24. The Morgan fingerprint density at radius 3 is 2.53 bits per heavy atom. The number of carbonyl (C=O) groups excluding carboxylic acids is 1. The Kier molecular flexibility index (Phi) is 6.50. The van der Waals surface area contributed by atoms with Gasteiger partial charge >= 0.3 is 0 Å². The van der Waals surface area contributed by atoms with Crippen molar-refractivity contribution in [2.24, 2.45) is 0 Å². The lowest BCUT2D eigenvalue weighted by Gasteiger charge is -2.21. The number of likely N-dealkylation sites (tertiary alicyclic amines) is 1. The Balaban J connectivity index is 1.51. The quantitative estimate of drug-likeness (QED) is 0.643. The molecule has 2 aromatic carbocycles. The molecule has 30 heavy (non-hydrogen) atoms. The Bertz CT molecular complexity index is 908. The summed E-state index contributed by atoms with van der Waals surface area (Å²) < 4.78 is 0. The van der Waals surface area contributed by atoms with Crippen molar-refractivity contribution in [1.82, 2.24) is 9.80 Å². The van der Waals surface area contributed by atoms with Crippen LogP contribution in [0, 0.1) is 0 Å². The van der Waals surface area contributed by atoms with Crippen LogP contribution in [-0.4, -0.2) is 47.9 Å². The minimum absolute atomic E-state index is 0.143. The van der Waals surface area contributed by atoms with E-state index in [2.05, 4.69) is 55.1 Å². The summed E-state index contributed by atoms with van der Waals surface area (Å²) in [5.41, 5.74) is 6.26. The zero-order chi connectivity index (χ0) is 21.3. The summed E-state index contributed by atoms with van der Waals surface area (Å²) in [6.45, 7) is 10.1. The van der Waals surface area contributed by atoms with E-state index in [0.717, 1.165) is 43.5 Å². The van der Waals surface area contributed by atoms with E-state index >= 15 is 0 Å². The molecule has 2 aliphatic heterocycles. The maximum Gasteiger partial charge on any atom is 0.219 e. The van der Waals surface area contributed by atoms with Gasteiger partial charge in [-0.05, 0) is 73.0 Å². The molecular weight excluding hydrogens is 392 g/mol. The third-order valence-electron chi connectivity index (χ3n) is 6.96. The first-order valence-corrected chi connectivity index (χ1v) is 11.7. The van der Waals surface area contributed by atoms with Gasteiger partial charge in [0.15, 0.2) is 0 Å². The molecule has 2 atom stereocenters. The molecule has 0 saturated carbocycles. The molecule has 0 bridgehead atoms. The van der Waals surface area contributed by atoms with E-state index in [0.29, 0.717) is 0 Å². The number of benzene rings is 2. The van der Waals surface area contributed by atoms with Gasteiger partial charge in [-0.2, -0.15) is 0 Å².